The number of aliphatic hydroxyl groups is 1. The molecule has 0 amide bonds. The second-order valence-electron chi connectivity index (χ2n) is 3.62. The standard InChI is InChI=1S/C12H16O3S/c1-11(7-9-13)8-10-16(14,15)12-5-3-2-4-6-12/h2-6,8,13H,7,9-10H2,1H3. The molecule has 4 heteroatoms. The van der Waals surface area contributed by atoms with Crippen molar-refractivity contribution >= 4 is 9.84 Å². The average molecular weight is 240 g/mol. The van der Waals surface area contributed by atoms with Gasteiger partial charge in [0.15, 0.2) is 9.84 Å². The van der Waals surface area contributed by atoms with Crippen LogP contribution in [-0.2, 0) is 9.84 Å². The van der Waals surface area contributed by atoms with Crippen LogP contribution >= 0.6 is 0 Å². The minimum absolute atomic E-state index is 0.0111. The fourth-order valence-electron chi connectivity index (χ4n) is 1.25. The van der Waals surface area contributed by atoms with Crippen LogP contribution < -0.4 is 0 Å². The number of aliphatic hydroxyl groups excluding tert-OH is 1. The quantitative estimate of drug-likeness (QED) is 0.798. The van der Waals surface area contributed by atoms with E-state index in [-0.39, 0.29) is 12.4 Å². The Morgan fingerprint density at radius 1 is 1.31 bits per heavy atom. The average Bonchev–Trinajstić information content (AvgIpc) is 2.28. The molecule has 1 N–H and O–H groups in total. The zero-order valence-corrected chi connectivity index (χ0v) is 10.1. The Hall–Kier alpha value is -1.13. The molecule has 0 saturated heterocycles. The molecule has 0 radical (unpaired) electrons. The minimum atomic E-state index is -3.23. The van der Waals surface area contributed by atoms with Gasteiger partial charge in [-0.3, -0.25) is 0 Å². The zero-order valence-electron chi connectivity index (χ0n) is 9.26. The highest BCUT2D eigenvalue weighted by Crippen LogP contribution is 2.11. The second kappa shape index (κ2) is 5.82. The SMILES string of the molecule is CC(=CCS(=O)(=O)c1ccccc1)CCO. The Bertz CT molecular complexity index is 446. The lowest BCUT2D eigenvalue weighted by Crippen LogP contribution is -2.05. The van der Waals surface area contributed by atoms with Crippen molar-refractivity contribution in [2.45, 2.75) is 18.2 Å². The lowest BCUT2D eigenvalue weighted by molar-refractivity contribution is 0.299. The largest absolute Gasteiger partial charge is 0.396 e. The molecule has 0 aliphatic carbocycles. The molecule has 0 spiro atoms. The van der Waals surface area contributed by atoms with Crippen LogP contribution in [0.4, 0.5) is 0 Å². The molecule has 3 nitrogen and oxygen atoms in total. The summed E-state index contributed by atoms with van der Waals surface area (Å²) in [7, 11) is -3.23. The van der Waals surface area contributed by atoms with Gasteiger partial charge in [0.05, 0.1) is 10.6 Å². The van der Waals surface area contributed by atoms with E-state index in [9.17, 15) is 8.42 Å². The van der Waals surface area contributed by atoms with Crippen molar-refractivity contribution in [3.8, 4) is 0 Å². The van der Waals surface area contributed by atoms with Gasteiger partial charge in [-0.2, -0.15) is 0 Å². The summed E-state index contributed by atoms with van der Waals surface area (Å²) in [6.45, 7) is 1.87. The highest BCUT2D eigenvalue weighted by molar-refractivity contribution is 7.91. The highest BCUT2D eigenvalue weighted by atomic mass is 32.2. The van der Waals surface area contributed by atoms with Gasteiger partial charge in [0.1, 0.15) is 0 Å². The Morgan fingerprint density at radius 2 is 1.94 bits per heavy atom. The summed E-state index contributed by atoms with van der Waals surface area (Å²) >= 11 is 0. The number of sulfone groups is 1. The third kappa shape index (κ3) is 3.79. The Labute approximate surface area is 96.4 Å². The normalized spacial score (nSPS) is 12.8. The molecular weight excluding hydrogens is 224 g/mol. The molecule has 1 rings (SSSR count). The van der Waals surface area contributed by atoms with Crippen LogP contribution in [0.15, 0.2) is 46.9 Å². The number of rotatable bonds is 5. The number of hydrogen-bond acceptors (Lipinski definition) is 3. The van der Waals surface area contributed by atoms with Gasteiger partial charge >= 0.3 is 0 Å². The van der Waals surface area contributed by atoms with E-state index in [0.29, 0.717) is 11.3 Å². The van der Waals surface area contributed by atoms with Crippen molar-refractivity contribution in [2.75, 3.05) is 12.4 Å². The lowest BCUT2D eigenvalue weighted by Gasteiger charge is -2.02. The third-order valence-electron chi connectivity index (χ3n) is 2.26. The molecule has 16 heavy (non-hydrogen) atoms. The van der Waals surface area contributed by atoms with Crippen LogP contribution in [-0.4, -0.2) is 25.9 Å². The smallest absolute Gasteiger partial charge is 0.181 e. The van der Waals surface area contributed by atoms with E-state index in [4.69, 9.17) is 5.11 Å². The Morgan fingerprint density at radius 3 is 2.50 bits per heavy atom. The summed E-state index contributed by atoms with van der Waals surface area (Å²) in [6, 6.07) is 8.37. The molecule has 1 aromatic carbocycles. The van der Waals surface area contributed by atoms with Gasteiger partial charge in [-0.1, -0.05) is 29.8 Å². The molecular formula is C12H16O3S. The summed E-state index contributed by atoms with van der Waals surface area (Å²) in [5, 5.41) is 8.69. The van der Waals surface area contributed by atoms with E-state index in [1.807, 2.05) is 6.92 Å². The minimum Gasteiger partial charge on any atom is -0.396 e. The van der Waals surface area contributed by atoms with Crippen LogP contribution in [0.1, 0.15) is 13.3 Å². The zero-order chi connectivity index (χ0) is 12.0. The molecule has 88 valence electrons. The third-order valence-corrected chi connectivity index (χ3v) is 3.86. The first-order chi connectivity index (χ1) is 7.56. The highest BCUT2D eigenvalue weighted by Gasteiger charge is 2.11. The summed E-state index contributed by atoms with van der Waals surface area (Å²) in [6.07, 6.45) is 2.17. The molecule has 0 aromatic heterocycles. The van der Waals surface area contributed by atoms with Crippen LogP contribution in [0.25, 0.3) is 0 Å². The van der Waals surface area contributed by atoms with Crippen LogP contribution in [0.2, 0.25) is 0 Å². The van der Waals surface area contributed by atoms with E-state index >= 15 is 0 Å². The van der Waals surface area contributed by atoms with Crippen molar-refractivity contribution in [2.24, 2.45) is 0 Å². The second-order valence-corrected chi connectivity index (χ2v) is 5.65. The fraction of sp³-hybridized carbons (Fsp3) is 0.333. The maximum atomic E-state index is 11.8. The van der Waals surface area contributed by atoms with Crippen molar-refractivity contribution < 1.29 is 13.5 Å². The predicted octanol–water partition coefficient (Wildman–Crippen LogP) is 1.79. The van der Waals surface area contributed by atoms with Gasteiger partial charge in [0, 0.05) is 6.61 Å². The van der Waals surface area contributed by atoms with E-state index in [0.717, 1.165) is 5.57 Å². The molecule has 0 unspecified atom stereocenters. The van der Waals surface area contributed by atoms with Crippen LogP contribution in [0, 0.1) is 0 Å². The summed E-state index contributed by atoms with van der Waals surface area (Å²) in [4.78, 5) is 0.336. The first kappa shape index (κ1) is 12.9. The number of hydrogen-bond donors (Lipinski definition) is 1. The molecule has 0 aliphatic heterocycles. The summed E-state index contributed by atoms with van der Waals surface area (Å²) < 4.78 is 23.7. The van der Waals surface area contributed by atoms with Crippen molar-refractivity contribution in [1.29, 1.82) is 0 Å². The molecule has 0 fully saturated rings. The monoisotopic (exact) mass is 240 g/mol. The van der Waals surface area contributed by atoms with Crippen LogP contribution in [0.3, 0.4) is 0 Å². The van der Waals surface area contributed by atoms with E-state index in [1.54, 1.807) is 36.4 Å². The van der Waals surface area contributed by atoms with Gasteiger partial charge in [0.2, 0.25) is 0 Å². The first-order valence-corrected chi connectivity index (χ1v) is 6.76. The van der Waals surface area contributed by atoms with Crippen molar-refractivity contribution in [1.82, 2.24) is 0 Å². The number of benzene rings is 1. The van der Waals surface area contributed by atoms with Gasteiger partial charge < -0.3 is 5.11 Å². The van der Waals surface area contributed by atoms with E-state index in [2.05, 4.69) is 0 Å². The van der Waals surface area contributed by atoms with Crippen molar-refractivity contribution in [3.63, 3.8) is 0 Å². The first-order valence-electron chi connectivity index (χ1n) is 5.10. The topological polar surface area (TPSA) is 54.4 Å². The molecule has 1 aromatic rings. The molecule has 0 saturated carbocycles. The maximum absolute atomic E-state index is 11.8. The van der Waals surface area contributed by atoms with Crippen LogP contribution in [0.5, 0.6) is 0 Å². The summed E-state index contributed by atoms with van der Waals surface area (Å²) in [5.41, 5.74) is 0.891. The molecule has 0 heterocycles. The molecule has 0 atom stereocenters. The van der Waals surface area contributed by atoms with Gasteiger partial charge in [0.25, 0.3) is 0 Å². The Kier molecular flexibility index (Phi) is 4.71. The lowest BCUT2D eigenvalue weighted by atomic mass is 10.2. The van der Waals surface area contributed by atoms with E-state index in [1.165, 1.54) is 0 Å². The van der Waals surface area contributed by atoms with Gasteiger partial charge in [-0.05, 0) is 25.5 Å². The van der Waals surface area contributed by atoms with Gasteiger partial charge in [-0.25, -0.2) is 8.42 Å². The predicted molar refractivity (Wildman–Crippen MR) is 64.0 cm³/mol. The Balaban J connectivity index is 2.78. The molecule has 0 aliphatic rings. The fourth-order valence-corrected chi connectivity index (χ4v) is 2.52. The maximum Gasteiger partial charge on any atom is 0.181 e. The van der Waals surface area contributed by atoms with Crippen molar-refractivity contribution in [3.05, 3.63) is 42.0 Å². The van der Waals surface area contributed by atoms with E-state index < -0.39 is 9.84 Å². The summed E-state index contributed by atoms with van der Waals surface area (Å²) in [5.74, 6) is -0.0111. The van der Waals surface area contributed by atoms with Gasteiger partial charge in [-0.15, -0.1) is 0 Å². The molecule has 0 bridgehead atoms.